The second-order valence-electron chi connectivity index (χ2n) is 9.05. The quantitative estimate of drug-likeness (QED) is 0.689. The second-order valence-corrected chi connectivity index (χ2v) is 9.05. The van der Waals surface area contributed by atoms with E-state index in [1.807, 2.05) is 28.8 Å². The van der Waals surface area contributed by atoms with Crippen molar-refractivity contribution in [3.63, 3.8) is 0 Å². The van der Waals surface area contributed by atoms with Crippen molar-refractivity contribution in [3.05, 3.63) is 60.0 Å². The molecule has 2 aromatic heterocycles. The van der Waals surface area contributed by atoms with Gasteiger partial charge in [-0.25, -0.2) is 9.97 Å². The van der Waals surface area contributed by atoms with Gasteiger partial charge in [0.25, 0.3) is 5.91 Å². The molecule has 5 rings (SSSR count). The second kappa shape index (κ2) is 8.40. The first-order valence-corrected chi connectivity index (χ1v) is 11.1. The number of nitrogens with zero attached hydrogens (tertiary/aromatic N) is 4. The molecule has 7 nitrogen and oxygen atoms in total. The van der Waals surface area contributed by atoms with Crippen LogP contribution in [-0.4, -0.2) is 63.2 Å². The lowest BCUT2D eigenvalue weighted by Crippen LogP contribution is -2.48. The molecule has 1 N–H and O–H groups in total. The summed E-state index contributed by atoms with van der Waals surface area (Å²) >= 11 is 0. The normalized spacial score (nSPS) is 23.9. The summed E-state index contributed by atoms with van der Waals surface area (Å²) < 4.78 is 8.02. The van der Waals surface area contributed by atoms with Crippen LogP contribution in [0, 0.1) is 5.92 Å². The first-order valence-electron chi connectivity index (χ1n) is 11.1. The molecule has 0 bridgehead atoms. The van der Waals surface area contributed by atoms with E-state index in [-0.39, 0.29) is 18.1 Å². The molecular formula is C24H29N5O2. The third-order valence-corrected chi connectivity index (χ3v) is 6.44. The maximum Gasteiger partial charge on any atom is 0.253 e. The van der Waals surface area contributed by atoms with E-state index in [1.54, 1.807) is 12.5 Å². The van der Waals surface area contributed by atoms with E-state index in [9.17, 15) is 4.79 Å². The number of ether oxygens (including phenoxy) is 1. The number of carbonyl (C=O) groups is 1. The molecule has 31 heavy (non-hydrogen) atoms. The van der Waals surface area contributed by atoms with E-state index in [0.29, 0.717) is 24.1 Å². The number of benzene rings is 1. The molecule has 0 spiro atoms. The van der Waals surface area contributed by atoms with Crippen molar-refractivity contribution in [2.45, 2.75) is 45.0 Å². The molecule has 1 amide bonds. The first-order chi connectivity index (χ1) is 15.1. The van der Waals surface area contributed by atoms with Crippen LogP contribution in [-0.2, 0) is 11.3 Å². The van der Waals surface area contributed by atoms with Crippen molar-refractivity contribution in [2.75, 3.05) is 19.7 Å². The molecule has 2 fully saturated rings. The van der Waals surface area contributed by atoms with Gasteiger partial charge in [-0.3, -0.25) is 9.69 Å². The van der Waals surface area contributed by atoms with Gasteiger partial charge in [0, 0.05) is 31.4 Å². The van der Waals surface area contributed by atoms with Crippen LogP contribution < -0.4 is 5.32 Å². The number of pyridine rings is 1. The number of imidazole rings is 1. The van der Waals surface area contributed by atoms with Crippen molar-refractivity contribution in [3.8, 4) is 0 Å². The minimum absolute atomic E-state index is 0.0850. The largest absolute Gasteiger partial charge is 0.375 e. The van der Waals surface area contributed by atoms with E-state index in [2.05, 4.69) is 46.2 Å². The van der Waals surface area contributed by atoms with E-state index < -0.39 is 0 Å². The summed E-state index contributed by atoms with van der Waals surface area (Å²) in [6, 6.07) is 12.6. The minimum Gasteiger partial charge on any atom is -0.375 e. The molecule has 4 heterocycles. The molecule has 2 aliphatic rings. The summed E-state index contributed by atoms with van der Waals surface area (Å²) in [6.45, 7) is 7.68. The zero-order valence-electron chi connectivity index (χ0n) is 18.1. The van der Waals surface area contributed by atoms with Gasteiger partial charge in [-0.15, -0.1) is 0 Å². The van der Waals surface area contributed by atoms with Crippen molar-refractivity contribution < 1.29 is 9.53 Å². The van der Waals surface area contributed by atoms with Crippen molar-refractivity contribution in [1.29, 1.82) is 0 Å². The van der Waals surface area contributed by atoms with Gasteiger partial charge in [-0.2, -0.15) is 0 Å². The highest BCUT2D eigenvalue weighted by Crippen LogP contribution is 2.26. The van der Waals surface area contributed by atoms with Gasteiger partial charge >= 0.3 is 0 Å². The maximum atomic E-state index is 12.9. The highest BCUT2D eigenvalue weighted by atomic mass is 16.5. The van der Waals surface area contributed by atoms with Crippen LogP contribution in [0.3, 0.4) is 0 Å². The Morgan fingerprint density at radius 2 is 2.06 bits per heavy atom. The minimum atomic E-state index is -0.0850. The molecule has 1 aromatic carbocycles. The topological polar surface area (TPSA) is 72.3 Å². The average Bonchev–Trinajstić information content (AvgIpc) is 3.36. The molecule has 162 valence electrons. The molecule has 0 saturated carbocycles. The number of fused-ring (bicyclic) bond motifs is 2. The van der Waals surface area contributed by atoms with Gasteiger partial charge in [-0.1, -0.05) is 44.2 Å². The van der Waals surface area contributed by atoms with E-state index >= 15 is 0 Å². The zero-order chi connectivity index (χ0) is 21.4. The number of hydrogen-bond acceptors (Lipinski definition) is 5. The standard InChI is InChI=1S/C24H29N5O2/c1-16(2)22-13-28-12-19(9-20(28)14-31-22)27-24(30)18-8-21-23(25-10-18)29(15-26-21)11-17-6-4-3-5-7-17/h3-8,10,15-16,19-20,22H,9,11-14H2,1-2H3,(H,27,30)/t19-,20-,22-/m0/s1. The monoisotopic (exact) mass is 419 g/mol. The Morgan fingerprint density at radius 1 is 1.23 bits per heavy atom. The van der Waals surface area contributed by atoms with Crippen LogP contribution in [0.15, 0.2) is 48.9 Å². The first kappa shape index (κ1) is 20.2. The molecule has 3 aromatic rings. The maximum absolute atomic E-state index is 12.9. The van der Waals surface area contributed by atoms with E-state index in [1.165, 1.54) is 5.56 Å². The number of rotatable bonds is 5. The van der Waals surface area contributed by atoms with Gasteiger partial charge in [0.05, 0.1) is 31.1 Å². The fourth-order valence-corrected chi connectivity index (χ4v) is 4.65. The third kappa shape index (κ3) is 4.20. The number of carbonyl (C=O) groups excluding carboxylic acids is 1. The fourth-order valence-electron chi connectivity index (χ4n) is 4.65. The van der Waals surface area contributed by atoms with Crippen LogP contribution in [0.5, 0.6) is 0 Å². The van der Waals surface area contributed by atoms with E-state index in [4.69, 9.17) is 4.74 Å². The van der Waals surface area contributed by atoms with Gasteiger partial charge in [0.15, 0.2) is 5.65 Å². The Labute approximate surface area is 182 Å². The van der Waals surface area contributed by atoms with Gasteiger partial charge in [-0.05, 0) is 24.0 Å². The predicted molar refractivity (Wildman–Crippen MR) is 119 cm³/mol. The predicted octanol–water partition coefficient (Wildman–Crippen LogP) is 2.71. The number of nitrogens with one attached hydrogen (secondary N) is 1. The lowest BCUT2D eigenvalue weighted by molar-refractivity contribution is -0.0683. The van der Waals surface area contributed by atoms with Crippen molar-refractivity contribution >= 4 is 17.1 Å². The van der Waals surface area contributed by atoms with E-state index in [0.717, 1.165) is 37.3 Å². The molecule has 3 atom stereocenters. The Hall–Kier alpha value is -2.77. The summed E-state index contributed by atoms with van der Waals surface area (Å²) in [6.07, 6.45) is 4.65. The van der Waals surface area contributed by atoms with Crippen LogP contribution in [0.1, 0.15) is 36.2 Å². The molecule has 2 aliphatic heterocycles. The fraction of sp³-hybridized carbons (Fsp3) is 0.458. The van der Waals surface area contributed by atoms with Gasteiger partial charge in [0.2, 0.25) is 0 Å². The summed E-state index contributed by atoms with van der Waals surface area (Å²) in [5.41, 5.74) is 3.27. The lowest BCUT2D eigenvalue weighted by Gasteiger charge is -2.36. The SMILES string of the molecule is CC(C)[C@@H]1CN2C[C@@H](NC(=O)c3cnc4c(c3)ncn4Cc3ccccc3)C[C@H]2CO1. The highest BCUT2D eigenvalue weighted by molar-refractivity contribution is 5.96. The Bertz CT molecular complexity index is 1060. The Balaban J connectivity index is 1.24. The third-order valence-electron chi connectivity index (χ3n) is 6.44. The van der Waals surface area contributed by atoms with Crippen LogP contribution in [0.2, 0.25) is 0 Å². The summed E-state index contributed by atoms with van der Waals surface area (Å²) in [5.74, 6) is 0.423. The Morgan fingerprint density at radius 3 is 2.87 bits per heavy atom. The summed E-state index contributed by atoms with van der Waals surface area (Å²) in [5, 5.41) is 3.20. The Kier molecular flexibility index (Phi) is 5.46. The molecule has 2 saturated heterocycles. The van der Waals surface area contributed by atoms with Crippen molar-refractivity contribution in [2.24, 2.45) is 5.92 Å². The number of aromatic nitrogens is 3. The highest BCUT2D eigenvalue weighted by Gasteiger charge is 2.38. The van der Waals surface area contributed by atoms with Gasteiger partial charge in [0.1, 0.15) is 5.52 Å². The molecular weight excluding hydrogens is 390 g/mol. The summed E-state index contributed by atoms with van der Waals surface area (Å²) in [7, 11) is 0. The summed E-state index contributed by atoms with van der Waals surface area (Å²) in [4.78, 5) is 24.4. The number of amides is 1. The molecule has 0 aliphatic carbocycles. The van der Waals surface area contributed by atoms with Crippen LogP contribution in [0.4, 0.5) is 0 Å². The molecule has 0 radical (unpaired) electrons. The number of morpholine rings is 1. The molecule has 7 heteroatoms. The molecule has 0 unspecified atom stereocenters. The van der Waals surface area contributed by atoms with Gasteiger partial charge < -0.3 is 14.6 Å². The lowest BCUT2D eigenvalue weighted by atomic mass is 10.0. The van der Waals surface area contributed by atoms with Crippen LogP contribution in [0.25, 0.3) is 11.2 Å². The number of hydrogen-bond donors (Lipinski definition) is 1. The van der Waals surface area contributed by atoms with Crippen molar-refractivity contribution in [1.82, 2.24) is 24.8 Å². The zero-order valence-corrected chi connectivity index (χ0v) is 18.1. The smallest absolute Gasteiger partial charge is 0.253 e. The average molecular weight is 420 g/mol. The van der Waals surface area contributed by atoms with Crippen LogP contribution >= 0.6 is 0 Å².